The van der Waals surface area contributed by atoms with Crippen molar-refractivity contribution in [3.63, 3.8) is 0 Å². The van der Waals surface area contributed by atoms with E-state index < -0.39 is 6.09 Å². The fourth-order valence-corrected chi connectivity index (χ4v) is 3.15. The third-order valence-corrected chi connectivity index (χ3v) is 4.35. The minimum atomic E-state index is -0.443. The van der Waals surface area contributed by atoms with E-state index in [0.717, 1.165) is 18.9 Å². The van der Waals surface area contributed by atoms with Gasteiger partial charge < -0.3 is 14.4 Å². The summed E-state index contributed by atoms with van der Waals surface area (Å²) in [6, 6.07) is 0. The molecule has 0 radical (unpaired) electrons. The monoisotopic (exact) mass is 326 g/mol. The molecule has 1 amide bonds. The van der Waals surface area contributed by atoms with Crippen LogP contribution in [0.3, 0.4) is 0 Å². The second kappa shape index (κ2) is 9.26. The molecule has 5 nitrogen and oxygen atoms in total. The molecule has 0 spiro atoms. The van der Waals surface area contributed by atoms with E-state index in [1.807, 2.05) is 0 Å². The number of rotatable bonds is 2. The van der Waals surface area contributed by atoms with Crippen molar-refractivity contribution >= 4 is 11.9 Å². The topological polar surface area (TPSA) is 51.1 Å². The van der Waals surface area contributed by atoms with E-state index >= 15 is 0 Å². The van der Waals surface area contributed by atoms with Crippen molar-refractivity contribution in [3.05, 3.63) is 0 Å². The first-order chi connectivity index (χ1) is 10.5. The van der Waals surface area contributed by atoms with E-state index in [2.05, 4.69) is 30.7 Å². The molecule has 2 aliphatic rings. The molecule has 0 N–H and O–H groups in total. The van der Waals surface area contributed by atoms with Crippen LogP contribution in [0, 0.1) is 11.3 Å². The van der Waals surface area contributed by atoms with Gasteiger partial charge in [0.1, 0.15) is 5.84 Å². The molecular formula is C18H34N2O3. The highest BCUT2D eigenvalue weighted by atomic mass is 16.5. The van der Waals surface area contributed by atoms with Crippen LogP contribution in [-0.2, 0) is 9.47 Å². The second-order valence-electron chi connectivity index (χ2n) is 7.37. The zero-order valence-electron chi connectivity index (χ0n) is 14.3. The summed E-state index contributed by atoms with van der Waals surface area (Å²) < 4.78 is 10.8. The number of hydrogen-bond donors (Lipinski definition) is 0. The van der Waals surface area contributed by atoms with E-state index in [1.54, 1.807) is 0 Å². The Morgan fingerprint density at radius 3 is 2.35 bits per heavy atom. The van der Waals surface area contributed by atoms with E-state index in [0.29, 0.717) is 25.7 Å². The average molecular weight is 326 g/mol. The average Bonchev–Trinajstić information content (AvgIpc) is 2.51. The van der Waals surface area contributed by atoms with Gasteiger partial charge in [0.2, 0.25) is 0 Å². The fraction of sp³-hybridized carbons (Fsp3) is 0.889. The van der Waals surface area contributed by atoms with Gasteiger partial charge in [-0.1, -0.05) is 47.5 Å². The predicted octanol–water partition coefficient (Wildman–Crippen LogP) is 4.12. The van der Waals surface area contributed by atoms with Gasteiger partial charge >= 0.3 is 6.09 Å². The van der Waals surface area contributed by atoms with Crippen LogP contribution in [-0.4, -0.2) is 49.7 Å². The normalized spacial score (nSPS) is 20.8. The molecule has 23 heavy (non-hydrogen) atoms. The highest BCUT2D eigenvalue weighted by Crippen LogP contribution is 2.24. The molecule has 0 aromatic carbocycles. The van der Waals surface area contributed by atoms with Gasteiger partial charge in [-0.15, -0.1) is 0 Å². The third-order valence-electron chi connectivity index (χ3n) is 4.35. The summed E-state index contributed by atoms with van der Waals surface area (Å²) in [4.78, 5) is 18.5. The third kappa shape index (κ3) is 6.50. The van der Waals surface area contributed by atoms with Gasteiger partial charge in [-0.3, -0.25) is 0 Å². The lowest BCUT2D eigenvalue weighted by Gasteiger charge is -2.35. The van der Waals surface area contributed by atoms with Gasteiger partial charge in [0.25, 0.3) is 0 Å². The molecule has 134 valence electrons. The molecule has 0 aromatic heterocycles. The van der Waals surface area contributed by atoms with E-state index in [-0.39, 0.29) is 12.8 Å². The van der Waals surface area contributed by atoms with Crippen LogP contribution in [0.5, 0.6) is 0 Å². The quantitative estimate of drug-likeness (QED) is 0.566. The highest BCUT2D eigenvalue weighted by Gasteiger charge is 2.28. The maximum Gasteiger partial charge on any atom is 0.435 e. The number of morpholine rings is 1. The molecule has 1 aliphatic carbocycles. The zero-order valence-corrected chi connectivity index (χ0v) is 14.3. The smallest absolute Gasteiger partial charge is 0.435 e. The summed E-state index contributed by atoms with van der Waals surface area (Å²) in [5.74, 6) is 1.33. The van der Waals surface area contributed by atoms with Crippen molar-refractivity contribution in [2.45, 2.75) is 60.3 Å². The largest absolute Gasteiger partial charge is 0.448 e. The molecule has 1 aliphatic heterocycles. The first-order valence-corrected chi connectivity index (χ1v) is 8.55. The summed E-state index contributed by atoms with van der Waals surface area (Å²) in [5, 5.41) is 0. The fourth-order valence-electron chi connectivity index (χ4n) is 3.15. The van der Waals surface area contributed by atoms with Crippen molar-refractivity contribution in [2.75, 3.05) is 32.9 Å². The lowest BCUT2D eigenvalue weighted by atomic mass is 9.90. The second-order valence-corrected chi connectivity index (χ2v) is 7.37. The molecule has 2 rings (SSSR count). The lowest BCUT2D eigenvalue weighted by molar-refractivity contribution is 0.0640. The van der Waals surface area contributed by atoms with E-state index in [1.165, 1.54) is 32.1 Å². The summed E-state index contributed by atoms with van der Waals surface area (Å²) >= 11 is 0. The molecule has 2 fully saturated rings. The van der Waals surface area contributed by atoms with Crippen molar-refractivity contribution in [2.24, 2.45) is 16.3 Å². The standard InChI is InChI=1S/C17H30N2O3.CH4/c1-17(2,3)15(19-9-11-21-12-10-19)18-16(20)22-13-14-7-5-4-6-8-14;/h14H,4-13H2,1-3H3;1H4. The van der Waals surface area contributed by atoms with Crippen molar-refractivity contribution in [1.29, 1.82) is 0 Å². The number of aliphatic imine (C=N–C) groups is 1. The maximum atomic E-state index is 12.1. The first kappa shape index (κ1) is 19.9. The van der Waals surface area contributed by atoms with Crippen LogP contribution < -0.4 is 0 Å². The minimum absolute atomic E-state index is 0. The van der Waals surface area contributed by atoms with Crippen molar-refractivity contribution in [1.82, 2.24) is 4.90 Å². The van der Waals surface area contributed by atoms with Gasteiger partial charge in [-0.2, -0.15) is 4.99 Å². The molecule has 5 heteroatoms. The Balaban J connectivity index is 0.00000264. The Morgan fingerprint density at radius 2 is 1.78 bits per heavy atom. The summed E-state index contributed by atoms with van der Waals surface area (Å²) in [6.45, 7) is 9.69. The number of hydrogen-bond acceptors (Lipinski definition) is 3. The number of amidine groups is 1. The Hall–Kier alpha value is -1.10. The molecule has 0 unspecified atom stereocenters. The van der Waals surface area contributed by atoms with Crippen LogP contribution in [0.15, 0.2) is 4.99 Å². The number of amides is 1. The predicted molar refractivity (Wildman–Crippen MR) is 93.9 cm³/mol. The van der Waals surface area contributed by atoms with Gasteiger partial charge in [-0.05, 0) is 18.8 Å². The van der Waals surface area contributed by atoms with E-state index in [9.17, 15) is 4.79 Å². The molecule has 0 bridgehead atoms. The first-order valence-electron chi connectivity index (χ1n) is 8.55. The molecular weight excluding hydrogens is 292 g/mol. The van der Waals surface area contributed by atoms with Gasteiger partial charge in [0.15, 0.2) is 0 Å². The highest BCUT2D eigenvalue weighted by molar-refractivity contribution is 5.95. The maximum absolute atomic E-state index is 12.1. The number of nitrogens with zero attached hydrogens (tertiary/aromatic N) is 2. The lowest BCUT2D eigenvalue weighted by Crippen LogP contribution is -2.46. The number of carbonyl (C=O) groups excluding carboxylic acids is 1. The molecule has 1 saturated heterocycles. The van der Waals surface area contributed by atoms with Gasteiger partial charge in [-0.25, -0.2) is 4.79 Å². The van der Waals surface area contributed by atoms with E-state index in [4.69, 9.17) is 9.47 Å². The molecule has 1 heterocycles. The van der Waals surface area contributed by atoms with Crippen LogP contribution in [0.1, 0.15) is 60.3 Å². The Morgan fingerprint density at radius 1 is 1.17 bits per heavy atom. The Bertz CT molecular complexity index is 390. The molecule has 0 atom stereocenters. The van der Waals surface area contributed by atoms with Crippen LogP contribution in [0.4, 0.5) is 4.79 Å². The van der Waals surface area contributed by atoms with Crippen molar-refractivity contribution in [3.8, 4) is 0 Å². The Kier molecular flexibility index (Phi) is 8.03. The van der Waals surface area contributed by atoms with Gasteiger partial charge in [0, 0.05) is 18.5 Å². The van der Waals surface area contributed by atoms with Crippen LogP contribution >= 0.6 is 0 Å². The SMILES string of the molecule is C.CC(C)(C)C(=NC(=O)OCC1CCCCC1)N1CCOCC1. The Labute approximate surface area is 141 Å². The number of carbonyl (C=O) groups is 1. The summed E-state index contributed by atoms with van der Waals surface area (Å²) in [7, 11) is 0. The summed E-state index contributed by atoms with van der Waals surface area (Å²) in [5.41, 5.74) is -0.179. The molecule has 0 aromatic rings. The number of ether oxygens (including phenoxy) is 2. The zero-order chi connectivity index (χ0) is 16.0. The van der Waals surface area contributed by atoms with Crippen LogP contribution in [0.2, 0.25) is 0 Å². The molecule has 1 saturated carbocycles. The van der Waals surface area contributed by atoms with Crippen molar-refractivity contribution < 1.29 is 14.3 Å². The minimum Gasteiger partial charge on any atom is -0.448 e. The summed E-state index contributed by atoms with van der Waals surface area (Å²) in [6.07, 6.45) is 5.73. The van der Waals surface area contributed by atoms with Gasteiger partial charge in [0.05, 0.1) is 19.8 Å². The van der Waals surface area contributed by atoms with Crippen LogP contribution in [0.25, 0.3) is 0 Å².